The van der Waals surface area contributed by atoms with Gasteiger partial charge in [-0.15, -0.1) is 0 Å². The summed E-state index contributed by atoms with van der Waals surface area (Å²) < 4.78 is 13.8. The van der Waals surface area contributed by atoms with Crippen LogP contribution in [0.2, 0.25) is 25.7 Å². The van der Waals surface area contributed by atoms with Gasteiger partial charge >= 0.3 is 6.09 Å². The zero-order valence-electron chi connectivity index (χ0n) is 23.9. The first kappa shape index (κ1) is 28.0. The van der Waals surface area contributed by atoms with Gasteiger partial charge in [0, 0.05) is 82.5 Å². The van der Waals surface area contributed by atoms with E-state index in [1.54, 1.807) is 11.2 Å². The Labute approximate surface area is 227 Å². The highest BCUT2D eigenvalue weighted by Crippen LogP contribution is 2.37. The average Bonchev–Trinajstić information content (AvgIpc) is 3.24. The molecular weight excluding hydrogens is 496 g/mol. The molecule has 4 rings (SSSR count). The third-order valence-corrected chi connectivity index (χ3v) is 8.57. The molecule has 1 fully saturated rings. The van der Waals surface area contributed by atoms with Crippen LogP contribution in [0, 0.1) is 0 Å². The lowest BCUT2D eigenvalue weighted by atomic mass is 10.0. The van der Waals surface area contributed by atoms with Crippen LogP contribution in [0.4, 0.5) is 10.5 Å². The third-order valence-electron chi connectivity index (χ3n) is 6.87. The summed E-state index contributed by atoms with van der Waals surface area (Å²) >= 11 is 0. The fourth-order valence-corrected chi connectivity index (χ4v) is 5.49. The van der Waals surface area contributed by atoms with E-state index in [0.29, 0.717) is 6.73 Å². The number of fused-ring (bicyclic) bond motifs is 1. The van der Waals surface area contributed by atoms with Gasteiger partial charge in [0.15, 0.2) is 0 Å². The first-order valence-corrected chi connectivity index (χ1v) is 17.2. The number of hydrogen-bond acceptors (Lipinski definition) is 7. The molecule has 1 aliphatic heterocycles. The topological polar surface area (TPSA) is 85.6 Å². The van der Waals surface area contributed by atoms with E-state index < -0.39 is 13.7 Å². The van der Waals surface area contributed by atoms with E-state index in [4.69, 9.17) is 14.5 Å². The fourth-order valence-electron chi connectivity index (χ4n) is 4.74. The number of piperidine rings is 1. The van der Waals surface area contributed by atoms with Gasteiger partial charge in [-0.25, -0.2) is 19.7 Å². The largest absolute Gasteiger partial charge is 0.444 e. The monoisotopic (exact) mass is 538 g/mol. The highest BCUT2D eigenvalue weighted by Gasteiger charge is 2.30. The van der Waals surface area contributed by atoms with Crippen LogP contribution < -0.4 is 4.90 Å². The number of nitrogens with zero attached hydrogens (tertiary/aromatic N) is 6. The van der Waals surface area contributed by atoms with Crippen LogP contribution in [0.3, 0.4) is 0 Å². The summed E-state index contributed by atoms with van der Waals surface area (Å²) in [5, 5.41) is 1.08. The molecule has 3 aromatic rings. The SMILES string of the molecule is CN(C(=O)OC(C)(C)C)C1CCN(c2ccnc3c2c(-c2cncnc2)cn3COCC[Si](C)(C)C)CC1. The van der Waals surface area contributed by atoms with E-state index >= 15 is 0 Å². The van der Waals surface area contributed by atoms with Crippen molar-refractivity contribution in [1.82, 2.24) is 24.4 Å². The number of carbonyl (C=O) groups excluding carboxylic acids is 1. The summed E-state index contributed by atoms with van der Waals surface area (Å²) in [5.41, 5.74) is 3.52. The van der Waals surface area contributed by atoms with Gasteiger partial charge in [0.1, 0.15) is 24.3 Å². The molecule has 206 valence electrons. The fraction of sp³-hybridized carbons (Fsp3) is 0.571. The molecule has 3 aromatic heterocycles. The zero-order chi connectivity index (χ0) is 27.5. The maximum Gasteiger partial charge on any atom is 0.410 e. The average molecular weight is 539 g/mol. The molecule has 0 bridgehead atoms. The summed E-state index contributed by atoms with van der Waals surface area (Å²) in [6, 6.07) is 3.35. The van der Waals surface area contributed by atoms with E-state index in [9.17, 15) is 4.79 Å². The van der Waals surface area contributed by atoms with Crippen LogP contribution in [0.5, 0.6) is 0 Å². The Bertz CT molecular complexity index is 1230. The molecular formula is C28H42N6O3Si. The molecule has 0 spiro atoms. The van der Waals surface area contributed by atoms with Gasteiger partial charge in [-0.05, 0) is 45.7 Å². The van der Waals surface area contributed by atoms with E-state index in [-0.39, 0.29) is 12.1 Å². The van der Waals surface area contributed by atoms with Crippen molar-refractivity contribution in [2.45, 2.75) is 77.7 Å². The second kappa shape index (κ2) is 11.4. The van der Waals surface area contributed by atoms with Crippen LogP contribution in [0.1, 0.15) is 33.6 Å². The highest BCUT2D eigenvalue weighted by molar-refractivity contribution is 6.76. The van der Waals surface area contributed by atoms with E-state index in [2.05, 4.69) is 51.3 Å². The second-order valence-corrected chi connectivity index (χ2v) is 17.9. The third kappa shape index (κ3) is 6.90. The molecule has 0 radical (unpaired) electrons. The minimum Gasteiger partial charge on any atom is -0.444 e. The number of carbonyl (C=O) groups is 1. The summed E-state index contributed by atoms with van der Waals surface area (Å²) in [7, 11) is 0.676. The standard InChI is InChI=1S/C28H42N6O3Si/c1-28(2,3)37-27(35)32(4)22-9-12-33(13-10-22)24-8-11-31-26-25(24)23(21-16-29-19-30-17-21)18-34(26)20-36-14-15-38(5,6)7/h8,11,16-19,22H,9-10,12-15,20H2,1-7H3. The number of ether oxygens (including phenoxy) is 2. The molecule has 0 atom stereocenters. The van der Waals surface area contributed by atoms with Crippen molar-refractivity contribution in [2.75, 3.05) is 31.6 Å². The van der Waals surface area contributed by atoms with Crippen LogP contribution in [0.25, 0.3) is 22.2 Å². The van der Waals surface area contributed by atoms with E-state index in [1.165, 1.54) is 0 Å². The second-order valence-electron chi connectivity index (χ2n) is 12.3. The molecule has 1 aliphatic rings. The Hall–Kier alpha value is -2.98. The lowest BCUT2D eigenvalue weighted by Gasteiger charge is -2.38. The normalized spacial score (nSPS) is 15.2. The van der Waals surface area contributed by atoms with Crippen molar-refractivity contribution in [3.8, 4) is 11.1 Å². The Balaban J connectivity index is 1.57. The van der Waals surface area contributed by atoms with Crippen molar-refractivity contribution in [3.63, 3.8) is 0 Å². The minimum absolute atomic E-state index is 0.143. The van der Waals surface area contributed by atoms with Gasteiger partial charge in [-0.2, -0.15) is 0 Å². The first-order chi connectivity index (χ1) is 17.9. The van der Waals surface area contributed by atoms with Gasteiger partial charge in [0.25, 0.3) is 0 Å². The predicted octanol–water partition coefficient (Wildman–Crippen LogP) is 5.64. The number of rotatable bonds is 8. The van der Waals surface area contributed by atoms with Crippen molar-refractivity contribution in [3.05, 3.63) is 37.2 Å². The predicted molar refractivity (Wildman–Crippen MR) is 154 cm³/mol. The maximum absolute atomic E-state index is 12.6. The maximum atomic E-state index is 12.6. The zero-order valence-corrected chi connectivity index (χ0v) is 24.9. The van der Waals surface area contributed by atoms with Crippen molar-refractivity contribution >= 4 is 30.9 Å². The van der Waals surface area contributed by atoms with E-state index in [0.717, 1.165) is 66.4 Å². The Kier molecular flexibility index (Phi) is 8.42. The van der Waals surface area contributed by atoms with Gasteiger partial charge in [0.2, 0.25) is 0 Å². The molecule has 0 aliphatic carbocycles. The van der Waals surface area contributed by atoms with Crippen molar-refractivity contribution in [2.24, 2.45) is 0 Å². The number of aromatic nitrogens is 4. The van der Waals surface area contributed by atoms with Crippen LogP contribution in [-0.4, -0.2) is 77.0 Å². The Morgan fingerprint density at radius 1 is 1.16 bits per heavy atom. The Morgan fingerprint density at radius 3 is 2.47 bits per heavy atom. The minimum atomic E-state index is -1.17. The molecule has 0 saturated carbocycles. The molecule has 0 unspecified atom stereocenters. The van der Waals surface area contributed by atoms with Gasteiger partial charge in [-0.1, -0.05) is 19.6 Å². The van der Waals surface area contributed by atoms with Gasteiger partial charge in [-0.3, -0.25) is 0 Å². The quantitative estimate of drug-likeness (QED) is 0.271. The highest BCUT2D eigenvalue weighted by atomic mass is 28.3. The smallest absolute Gasteiger partial charge is 0.410 e. The molecule has 38 heavy (non-hydrogen) atoms. The molecule has 0 N–H and O–H groups in total. The molecule has 9 nitrogen and oxygen atoms in total. The first-order valence-electron chi connectivity index (χ1n) is 13.4. The van der Waals surface area contributed by atoms with Crippen LogP contribution in [0.15, 0.2) is 37.2 Å². The summed E-state index contributed by atoms with van der Waals surface area (Å²) in [5.74, 6) is 0. The molecule has 0 aromatic carbocycles. The summed E-state index contributed by atoms with van der Waals surface area (Å²) in [6.45, 7) is 15.6. The van der Waals surface area contributed by atoms with E-state index in [1.807, 2.05) is 46.4 Å². The lowest BCUT2D eigenvalue weighted by molar-refractivity contribution is 0.0201. The van der Waals surface area contributed by atoms with Crippen LogP contribution in [-0.2, 0) is 16.2 Å². The lowest BCUT2D eigenvalue weighted by Crippen LogP contribution is -2.47. The van der Waals surface area contributed by atoms with Crippen molar-refractivity contribution < 1.29 is 14.3 Å². The number of pyridine rings is 1. The summed E-state index contributed by atoms with van der Waals surface area (Å²) in [6.07, 6.45) is 10.7. The van der Waals surface area contributed by atoms with Gasteiger partial charge in [0.05, 0.1) is 5.39 Å². The Morgan fingerprint density at radius 2 is 1.84 bits per heavy atom. The molecule has 1 amide bonds. The van der Waals surface area contributed by atoms with Crippen molar-refractivity contribution in [1.29, 1.82) is 0 Å². The number of amides is 1. The van der Waals surface area contributed by atoms with Gasteiger partial charge < -0.3 is 23.8 Å². The van der Waals surface area contributed by atoms with Crippen LogP contribution >= 0.6 is 0 Å². The summed E-state index contributed by atoms with van der Waals surface area (Å²) in [4.78, 5) is 30.1. The molecule has 4 heterocycles. The number of hydrogen-bond donors (Lipinski definition) is 0. The molecule has 1 saturated heterocycles. The molecule has 10 heteroatoms. The number of anilines is 1.